The lowest BCUT2D eigenvalue weighted by Gasteiger charge is -2.15. The van der Waals surface area contributed by atoms with Crippen LogP contribution in [0.4, 0.5) is 4.79 Å². The molecular weight excluding hydrogens is 320 g/mol. The quantitative estimate of drug-likeness (QED) is 0.709. The van der Waals surface area contributed by atoms with Crippen LogP contribution < -0.4 is 5.32 Å². The van der Waals surface area contributed by atoms with Crippen molar-refractivity contribution in [2.24, 2.45) is 0 Å². The number of thiol groups is 1. The van der Waals surface area contributed by atoms with E-state index in [0.29, 0.717) is 12.1 Å². The van der Waals surface area contributed by atoms with Gasteiger partial charge in [-0.3, -0.25) is 4.79 Å². The van der Waals surface area contributed by atoms with Gasteiger partial charge >= 0.3 is 6.03 Å². The van der Waals surface area contributed by atoms with Crippen LogP contribution in [0.15, 0.2) is 72.8 Å². The molecule has 1 N–H and O–H groups in total. The molecule has 3 aromatic carbocycles. The lowest BCUT2D eigenvalue weighted by atomic mass is 10.1. The predicted molar refractivity (Wildman–Crippen MR) is 97.8 cm³/mol. The van der Waals surface area contributed by atoms with E-state index in [9.17, 15) is 9.59 Å². The van der Waals surface area contributed by atoms with Gasteiger partial charge in [0.25, 0.3) is 5.91 Å². The third-order valence-electron chi connectivity index (χ3n) is 3.66. The van der Waals surface area contributed by atoms with Crippen LogP contribution in [0.1, 0.15) is 15.9 Å². The summed E-state index contributed by atoms with van der Waals surface area (Å²) >= 11 is 4.01. The van der Waals surface area contributed by atoms with Crippen LogP contribution >= 0.6 is 12.8 Å². The molecular formula is C19H16N2O2S. The molecule has 0 aliphatic heterocycles. The fraction of sp³-hybridized carbons (Fsp3) is 0.0526. The molecule has 0 bridgehead atoms. The van der Waals surface area contributed by atoms with Gasteiger partial charge in [0.05, 0.1) is 0 Å². The van der Waals surface area contributed by atoms with Gasteiger partial charge in [0.2, 0.25) is 0 Å². The Bertz CT molecular complexity index is 881. The summed E-state index contributed by atoms with van der Waals surface area (Å²) in [5, 5.41) is 4.95. The number of urea groups is 1. The van der Waals surface area contributed by atoms with Crippen LogP contribution in [0, 0.1) is 0 Å². The molecule has 0 radical (unpaired) electrons. The smallest absolute Gasteiger partial charge is 0.333 e. The standard InChI is InChI=1S/C19H16N2O2S/c22-18(16-7-2-1-3-8-16)21(24)19(23)20-13-14-10-11-15-6-4-5-9-17(15)12-14/h1-12,24H,13H2,(H,20,23). The maximum Gasteiger partial charge on any atom is 0.334 e. The third-order valence-corrected chi connectivity index (χ3v) is 4.03. The number of fused-ring (bicyclic) bond motifs is 1. The maximum absolute atomic E-state index is 12.2. The highest BCUT2D eigenvalue weighted by atomic mass is 32.1. The molecule has 0 aliphatic carbocycles. The minimum atomic E-state index is -0.555. The molecule has 24 heavy (non-hydrogen) atoms. The van der Waals surface area contributed by atoms with Crippen molar-refractivity contribution >= 4 is 35.5 Å². The van der Waals surface area contributed by atoms with Crippen molar-refractivity contribution in [2.45, 2.75) is 6.54 Å². The Labute approximate surface area is 145 Å². The summed E-state index contributed by atoms with van der Waals surface area (Å²) < 4.78 is 0.788. The minimum absolute atomic E-state index is 0.322. The van der Waals surface area contributed by atoms with E-state index in [1.54, 1.807) is 30.3 Å². The lowest BCUT2D eigenvalue weighted by Crippen LogP contribution is -2.37. The molecule has 0 atom stereocenters. The first kappa shape index (κ1) is 16.1. The zero-order valence-corrected chi connectivity index (χ0v) is 13.7. The molecule has 0 aromatic heterocycles. The Balaban J connectivity index is 1.64. The summed E-state index contributed by atoms with van der Waals surface area (Å²) in [6, 6.07) is 22.0. The molecule has 3 aromatic rings. The van der Waals surface area contributed by atoms with Crippen molar-refractivity contribution in [3.05, 3.63) is 83.9 Å². The van der Waals surface area contributed by atoms with Gasteiger partial charge in [-0.1, -0.05) is 67.4 Å². The van der Waals surface area contributed by atoms with Crippen LogP contribution in [0.3, 0.4) is 0 Å². The van der Waals surface area contributed by atoms with Crippen LogP contribution in [0.5, 0.6) is 0 Å². The fourth-order valence-corrected chi connectivity index (χ4v) is 2.58. The van der Waals surface area contributed by atoms with E-state index in [-0.39, 0.29) is 0 Å². The first-order valence-corrected chi connectivity index (χ1v) is 7.89. The van der Waals surface area contributed by atoms with Crippen LogP contribution in [-0.4, -0.2) is 16.2 Å². The second-order valence-electron chi connectivity index (χ2n) is 5.32. The molecule has 0 fully saturated rings. The Morgan fingerprint density at radius 1 is 0.875 bits per heavy atom. The maximum atomic E-state index is 12.2. The topological polar surface area (TPSA) is 49.4 Å². The van der Waals surface area contributed by atoms with E-state index < -0.39 is 11.9 Å². The van der Waals surface area contributed by atoms with Gasteiger partial charge in [-0.05, 0) is 34.5 Å². The number of amides is 3. The molecule has 0 aliphatic rings. The average molecular weight is 336 g/mol. The molecule has 3 rings (SSSR count). The zero-order valence-electron chi connectivity index (χ0n) is 12.8. The summed E-state index contributed by atoms with van der Waals surface area (Å²) in [7, 11) is 0. The van der Waals surface area contributed by atoms with Crippen LogP contribution in [0.2, 0.25) is 0 Å². The fourth-order valence-electron chi connectivity index (χ4n) is 2.40. The highest BCUT2D eigenvalue weighted by Gasteiger charge is 2.19. The molecule has 4 nitrogen and oxygen atoms in total. The summed E-state index contributed by atoms with van der Waals surface area (Å²) in [5.41, 5.74) is 1.37. The molecule has 0 unspecified atom stereocenters. The Morgan fingerprint density at radius 3 is 2.29 bits per heavy atom. The monoisotopic (exact) mass is 336 g/mol. The van der Waals surface area contributed by atoms with Gasteiger partial charge in [-0.2, -0.15) is 0 Å². The van der Waals surface area contributed by atoms with E-state index in [0.717, 1.165) is 20.6 Å². The molecule has 0 saturated heterocycles. The van der Waals surface area contributed by atoms with Crippen molar-refractivity contribution in [3.63, 3.8) is 0 Å². The Hall–Kier alpha value is -2.79. The van der Waals surface area contributed by atoms with Gasteiger partial charge in [0.1, 0.15) is 0 Å². The average Bonchev–Trinajstić information content (AvgIpc) is 2.65. The van der Waals surface area contributed by atoms with Gasteiger partial charge in [-0.15, -0.1) is 0 Å². The van der Waals surface area contributed by atoms with Crippen molar-refractivity contribution in [3.8, 4) is 0 Å². The van der Waals surface area contributed by atoms with Crippen LogP contribution in [0.25, 0.3) is 10.8 Å². The van der Waals surface area contributed by atoms with Gasteiger partial charge in [0, 0.05) is 12.1 Å². The van der Waals surface area contributed by atoms with E-state index >= 15 is 0 Å². The summed E-state index contributed by atoms with van der Waals surface area (Å²) in [5.74, 6) is -0.463. The Morgan fingerprint density at radius 2 is 1.54 bits per heavy atom. The summed E-state index contributed by atoms with van der Waals surface area (Å²) in [6.07, 6.45) is 0. The number of nitrogens with zero attached hydrogens (tertiary/aromatic N) is 1. The predicted octanol–water partition coefficient (Wildman–Crippen LogP) is 4.04. The number of rotatable bonds is 3. The number of hydrogen-bond donors (Lipinski definition) is 2. The normalized spacial score (nSPS) is 10.4. The largest absolute Gasteiger partial charge is 0.334 e. The van der Waals surface area contributed by atoms with Crippen molar-refractivity contribution in [1.82, 2.24) is 9.62 Å². The molecule has 3 amide bonds. The molecule has 120 valence electrons. The molecule has 0 spiro atoms. The van der Waals surface area contributed by atoms with E-state index in [1.807, 2.05) is 42.5 Å². The number of carbonyl (C=O) groups is 2. The van der Waals surface area contributed by atoms with Crippen molar-refractivity contribution < 1.29 is 9.59 Å². The van der Waals surface area contributed by atoms with E-state index in [1.165, 1.54) is 0 Å². The zero-order chi connectivity index (χ0) is 16.9. The first-order valence-electron chi connectivity index (χ1n) is 7.49. The number of hydrogen-bond acceptors (Lipinski definition) is 3. The second-order valence-corrected chi connectivity index (χ2v) is 5.72. The number of imide groups is 1. The van der Waals surface area contributed by atoms with E-state index in [2.05, 4.69) is 18.1 Å². The minimum Gasteiger partial charge on any atom is -0.333 e. The number of nitrogens with one attached hydrogen (secondary N) is 1. The highest BCUT2D eigenvalue weighted by molar-refractivity contribution is 7.79. The number of carbonyl (C=O) groups excluding carboxylic acids is 2. The second kappa shape index (κ2) is 7.19. The third kappa shape index (κ3) is 3.58. The summed E-state index contributed by atoms with van der Waals surface area (Å²) in [6.45, 7) is 0.322. The SMILES string of the molecule is O=C(NCc1ccc2ccccc2c1)N(S)C(=O)c1ccccc1. The van der Waals surface area contributed by atoms with Crippen LogP contribution in [-0.2, 0) is 6.54 Å². The van der Waals surface area contributed by atoms with Gasteiger partial charge < -0.3 is 5.32 Å². The van der Waals surface area contributed by atoms with Gasteiger partial charge in [0.15, 0.2) is 0 Å². The molecule has 5 heteroatoms. The van der Waals surface area contributed by atoms with Gasteiger partial charge in [-0.25, -0.2) is 9.10 Å². The number of benzene rings is 3. The molecule has 0 heterocycles. The molecule has 0 saturated carbocycles. The van der Waals surface area contributed by atoms with Crippen molar-refractivity contribution in [1.29, 1.82) is 0 Å². The lowest BCUT2D eigenvalue weighted by molar-refractivity contribution is 0.0895. The summed E-state index contributed by atoms with van der Waals surface area (Å²) in [4.78, 5) is 24.3. The van der Waals surface area contributed by atoms with Crippen molar-refractivity contribution in [2.75, 3.05) is 0 Å². The highest BCUT2D eigenvalue weighted by Crippen LogP contribution is 2.15. The van der Waals surface area contributed by atoms with E-state index in [4.69, 9.17) is 0 Å². The first-order chi connectivity index (χ1) is 11.6. The Kier molecular flexibility index (Phi) is 4.82.